The summed E-state index contributed by atoms with van der Waals surface area (Å²) in [7, 11) is 1.58. The summed E-state index contributed by atoms with van der Waals surface area (Å²) in [6, 6.07) is 5.01. The molecule has 6 nitrogen and oxygen atoms in total. The molecule has 1 aromatic carbocycles. The van der Waals surface area contributed by atoms with E-state index >= 15 is 0 Å². The van der Waals surface area contributed by atoms with Gasteiger partial charge < -0.3 is 20.1 Å². The van der Waals surface area contributed by atoms with Crippen molar-refractivity contribution in [3.8, 4) is 11.5 Å². The third-order valence-electron chi connectivity index (χ3n) is 4.47. The van der Waals surface area contributed by atoms with Gasteiger partial charge in [0.05, 0.1) is 13.7 Å². The Morgan fingerprint density at radius 3 is 2.60 bits per heavy atom. The number of carbonyl (C=O) groups is 2. The van der Waals surface area contributed by atoms with Gasteiger partial charge in [-0.25, -0.2) is 0 Å². The Morgan fingerprint density at radius 1 is 1.24 bits per heavy atom. The largest absolute Gasteiger partial charge is 0.493 e. The van der Waals surface area contributed by atoms with Gasteiger partial charge in [-0.3, -0.25) is 9.59 Å². The number of hydrogen-bond acceptors (Lipinski definition) is 4. The summed E-state index contributed by atoms with van der Waals surface area (Å²) in [5, 5.41) is 5.66. The topological polar surface area (TPSA) is 76.7 Å². The molecule has 0 heterocycles. The number of methoxy groups -OCH3 is 1. The molecule has 138 valence electrons. The van der Waals surface area contributed by atoms with Crippen molar-refractivity contribution < 1.29 is 19.1 Å². The van der Waals surface area contributed by atoms with Crippen LogP contribution >= 0.6 is 0 Å². The van der Waals surface area contributed by atoms with E-state index in [0.717, 1.165) is 31.2 Å². The number of nitrogens with one attached hydrogen (secondary N) is 2. The van der Waals surface area contributed by atoms with Gasteiger partial charge in [-0.15, -0.1) is 0 Å². The highest BCUT2D eigenvalue weighted by atomic mass is 16.5. The van der Waals surface area contributed by atoms with Crippen LogP contribution in [0, 0.1) is 5.92 Å². The summed E-state index contributed by atoms with van der Waals surface area (Å²) >= 11 is 0. The van der Waals surface area contributed by atoms with Crippen LogP contribution in [0.15, 0.2) is 18.2 Å². The van der Waals surface area contributed by atoms with E-state index in [-0.39, 0.29) is 17.7 Å². The van der Waals surface area contributed by atoms with Gasteiger partial charge in [0, 0.05) is 12.5 Å². The lowest BCUT2D eigenvalue weighted by Crippen LogP contribution is -2.46. The zero-order valence-electron chi connectivity index (χ0n) is 15.3. The Morgan fingerprint density at radius 2 is 1.96 bits per heavy atom. The predicted octanol–water partition coefficient (Wildman–Crippen LogP) is 2.41. The minimum atomic E-state index is -0.544. The summed E-state index contributed by atoms with van der Waals surface area (Å²) in [4.78, 5) is 24.3. The molecule has 0 aliphatic heterocycles. The standard InChI is InChI=1S/C19H28N2O4/c1-4-25-16-10-9-14(11-17(16)24-3)12-20-18(22)13(2)21-19(23)15-7-5-6-8-15/h9-11,13,15H,4-8,12H2,1-3H3,(H,20,22)(H,21,23). The van der Waals surface area contributed by atoms with Crippen molar-refractivity contribution in [1.29, 1.82) is 0 Å². The normalized spacial score (nSPS) is 15.5. The van der Waals surface area contributed by atoms with Crippen molar-refractivity contribution in [2.75, 3.05) is 13.7 Å². The van der Waals surface area contributed by atoms with Crippen LogP contribution in [-0.2, 0) is 16.1 Å². The smallest absolute Gasteiger partial charge is 0.242 e. The van der Waals surface area contributed by atoms with Crippen molar-refractivity contribution in [3.63, 3.8) is 0 Å². The van der Waals surface area contributed by atoms with E-state index in [1.54, 1.807) is 14.0 Å². The van der Waals surface area contributed by atoms with Crippen molar-refractivity contribution >= 4 is 11.8 Å². The highest BCUT2D eigenvalue weighted by Gasteiger charge is 2.25. The lowest BCUT2D eigenvalue weighted by Gasteiger charge is -2.17. The minimum absolute atomic E-state index is 0.0112. The quantitative estimate of drug-likeness (QED) is 0.756. The molecule has 1 aliphatic carbocycles. The van der Waals surface area contributed by atoms with Gasteiger partial charge in [-0.1, -0.05) is 18.9 Å². The second-order valence-electron chi connectivity index (χ2n) is 6.35. The zero-order chi connectivity index (χ0) is 18.2. The Labute approximate surface area is 149 Å². The number of amides is 2. The highest BCUT2D eigenvalue weighted by Crippen LogP contribution is 2.28. The molecule has 2 rings (SSSR count). The fraction of sp³-hybridized carbons (Fsp3) is 0.579. The lowest BCUT2D eigenvalue weighted by atomic mass is 10.1. The van der Waals surface area contributed by atoms with Gasteiger partial charge in [0.25, 0.3) is 0 Å². The molecule has 6 heteroatoms. The first-order valence-corrected chi connectivity index (χ1v) is 8.93. The molecule has 0 radical (unpaired) electrons. The number of hydrogen-bond donors (Lipinski definition) is 2. The Bertz CT molecular complexity index is 597. The van der Waals surface area contributed by atoms with E-state index < -0.39 is 6.04 Å². The highest BCUT2D eigenvalue weighted by molar-refractivity contribution is 5.88. The predicted molar refractivity (Wildman–Crippen MR) is 95.6 cm³/mol. The molecule has 0 saturated heterocycles. The maximum atomic E-state index is 12.2. The van der Waals surface area contributed by atoms with Crippen LogP contribution in [-0.4, -0.2) is 31.6 Å². The molecule has 25 heavy (non-hydrogen) atoms. The summed E-state index contributed by atoms with van der Waals surface area (Å²) < 4.78 is 10.8. The molecule has 0 spiro atoms. The van der Waals surface area contributed by atoms with Gasteiger partial charge in [0.2, 0.25) is 11.8 Å². The van der Waals surface area contributed by atoms with Crippen molar-refractivity contribution in [1.82, 2.24) is 10.6 Å². The minimum Gasteiger partial charge on any atom is -0.493 e. The number of carbonyl (C=O) groups excluding carboxylic acids is 2. The van der Waals surface area contributed by atoms with Crippen LogP contribution in [0.3, 0.4) is 0 Å². The summed E-state index contributed by atoms with van der Waals surface area (Å²) in [5.41, 5.74) is 0.906. The zero-order valence-corrected chi connectivity index (χ0v) is 15.3. The molecule has 1 unspecified atom stereocenters. The third-order valence-corrected chi connectivity index (χ3v) is 4.47. The first-order valence-electron chi connectivity index (χ1n) is 8.93. The third kappa shape index (κ3) is 5.37. The second kappa shape index (κ2) is 9.30. The number of benzene rings is 1. The molecule has 1 aliphatic rings. The Balaban J connectivity index is 1.85. The van der Waals surface area contributed by atoms with Crippen LogP contribution in [0.2, 0.25) is 0 Å². The van der Waals surface area contributed by atoms with Gasteiger partial charge in [0.15, 0.2) is 11.5 Å². The number of ether oxygens (including phenoxy) is 2. The van der Waals surface area contributed by atoms with Crippen LogP contribution in [0.5, 0.6) is 11.5 Å². The fourth-order valence-electron chi connectivity index (χ4n) is 3.02. The Hall–Kier alpha value is -2.24. The molecular formula is C19H28N2O4. The first kappa shape index (κ1) is 19.1. The molecule has 2 amide bonds. The number of rotatable bonds is 8. The summed E-state index contributed by atoms with van der Waals surface area (Å²) in [5.74, 6) is 1.17. The maximum absolute atomic E-state index is 12.2. The average Bonchev–Trinajstić information content (AvgIpc) is 3.15. The van der Waals surface area contributed by atoms with Crippen molar-refractivity contribution in [2.24, 2.45) is 5.92 Å². The van der Waals surface area contributed by atoms with E-state index in [4.69, 9.17) is 9.47 Å². The molecule has 0 aromatic heterocycles. The molecule has 2 N–H and O–H groups in total. The van der Waals surface area contributed by atoms with Crippen LogP contribution in [0.25, 0.3) is 0 Å². The Kier molecular flexibility index (Phi) is 7.10. The first-order chi connectivity index (χ1) is 12.0. The van der Waals surface area contributed by atoms with Crippen LogP contribution in [0.1, 0.15) is 45.1 Å². The van der Waals surface area contributed by atoms with Crippen LogP contribution < -0.4 is 20.1 Å². The molecule has 1 fully saturated rings. The second-order valence-corrected chi connectivity index (χ2v) is 6.35. The summed E-state index contributed by atoms with van der Waals surface area (Å²) in [6.45, 7) is 4.55. The van der Waals surface area contributed by atoms with E-state index in [1.165, 1.54) is 0 Å². The molecule has 1 aromatic rings. The monoisotopic (exact) mass is 348 g/mol. The van der Waals surface area contributed by atoms with Gasteiger partial charge in [0.1, 0.15) is 6.04 Å². The van der Waals surface area contributed by atoms with E-state index in [0.29, 0.717) is 24.7 Å². The maximum Gasteiger partial charge on any atom is 0.242 e. The fourth-order valence-corrected chi connectivity index (χ4v) is 3.02. The molecule has 1 atom stereocenters. The van der Waals surface area contributed by atoms with Gasteiger partial charge >= 0.3 is 0 Å². The summed E-state index contributed by atoms with van der Waals surface area (Å²) in [6.07, 6.45) is 4.04. The molecular weight excluding hydrogens is 320 g/mol. The van der Waals surface area contributed by atoms with Gasteiger partial charge in [-0.2, -0.15) is 0 Å². The molecule has 1 saturated carbocycles. The van der Waals surface area contributed by atoms with E-state index in [9.17, 15) is 9.59 Å². The van der Waals surface area contributed by atoms with Crippen molar-refractivity contribution in [2.45, 2.75) is 52.1 Å². The average molecular weight is 348 g/mol. The van der Waals surface area contributed by atoms with E-state index in [2.05, 4.69) is 10.6 Å². The van der Waals surface area contributed by atoms with Crippen molar-refractivity contribution in [3.05, 3.63) is 23.8 Å². The lowest BCUT2D eigenvalue weighted by molar-refractivity contribution is -0.130. The molecule has 0 bridgehead atoms. The van der Waals surface area contributed by atoms with Crippen LogP contribution in [0.4, 0.5) is 0 Å². The van der Waals surface area contributed by atoms with E-state index in [1.807, 2.05) is 25.1 Å². The van der Waals surface area contributed by atoms with Gasteiger partial charge in [-0.05, 0) is 44.4 Å². The SMILES string of the molecule is CCOc1ccc(CNC(=O)C(C)NC(=O)C2CCCC2)cc1OC.